The molecule has 0 spiro atoms. The summed E-state index contributed by atoms with van der Waals surface area (Å²) in [6.45, 7) is 2.09. The molecule has 0 radical (unpaired) electrons. The number of hydrogen-bond donors (Lipinski definition) is 1. The lowest BCUT2D eigenvalue weighted by Crippen LogP contribution is -2.25. The molecule has 21 heavy (non-hydrogen) atoms. The van der Waals surface area contributed by atoms with Crippen molar-refractivity contribution in [2.24, 2.45) is 0 Å². The van der Waals surface area contributed by atoms with Crippen LogP contribution in [0.2, 0.25) is 5.02 Å². The second kappa shape index (κ2) is 5.97. The number of nitrogens with zero attached hydrogens (tertiary/aromatic N) is 4. The van der Waals surface area contributed by atoms with E-state index in [-0.39, 0.29) is 5.56 Å². The van der Waals surface area contributed by atoms with E-state index in [0.29, 0.717) is 22.1 Å². The smallest absolute Gasteiger partial charge is 0.268 e. The van der Waals surface area contributed by atoms with Crippen LogP contribution in [0.5, 0.6) is 0 Å². The van der Waals surface area contributed by atoms with Crippen molar-refractivity contribution in [1.82, 2.24) is 24.6 Å². The van der Waals surface area contributed by atoms with Gasteiger partial charge in [0, 0.05) is 12.7 Å². The van der Waals surface area contributed by atoms with E-state index in [1.807, 2.05) is 18.5 Å². The maximum absolute atomic E-state index is 11.9. The molecule has 0 amide bonds. The van der Waals surface area contributed by atoms with E-state index in [4.69, 9.17) is 11.6 Å². The van der Waals surface area contributed by atoms with Crippen LogP contribution >= 0.6 is 22.9 Å². The van der Waals surface area contributed by atoms with E-state index >= 15 is 0 Å². The highest BCUT2D eigenvalue weighted by Crippen LogP contribution is 2.14. The minimum atomic E-state index is -0.0720. The Kier molecular flexibility index (Phi) is 4.05. The zero-order valence-electron chi connectivity index (χ0n) is 11.4. The van der Waals surface area contributed by atoms with Gasteiger partial charge in [0.05, 0.1) is 29.8 Å². The van der Waals surface area contributed by atoms with Gasteiger partial charge >= 0.3 is 0 Å². The minimum absolute atomic E-state index is 0.0720. The molecule has 0 saturated heterocycles. The molecule has 0 saturated carbocycles. The first kappa shape index (κ1) is 14.2. The van der Waals surface area contributed by atoms with Crippen LogP contribution in [-0.2, 0) is 13.1 Å². The highest BCUT2D eigenvalue weighted by atomic mass is 35.5. The predicted octanol–water partition coefficient (Wildman–Crippen LogP) is 1.97. The first-order valence-corrected chi connectivity index (χ1v) is 7.70. The van der Waals surface area contributed by atoms with Crippen LogP contribution < -0.4 is 5.56 Å². The Hall–Kier alpha value is -1.70. The Morgan fingerprint density at radius 1 is 1.52 bits per heavy atom. The van der Waals surface area contributed by atoms with E-state index in [0.717, 1.165) is 18.6 Å². The third-order valence-electron chi connectivity index (χ3n) is 3.10. The van der Waals surface area contributed by atoms with Gasteiger partial charge in [-0.25, -0.2) is 4.98 Å². The Morgan fingerprint density at radius 3 is 3.14 bits per heavy atom. The number of nitrogens with one attached hydrogen (secondary N) is 1. The molecule has 0 unspecified atom stereocenters. The Labute approximate surface area is 130 Å². The summed E-state index contributed by atoms with van der Waals surface area (Å²) in [6, 6.07) is 1.87. The molecular weight excluding hydrogens is 310 g/mol. The van der Waals surface area contributed by atoms with Gasteiger partial charge in [-0.1, -0.05) is 11.6 Å². The molecule has 0 bridgehead atoms. The standard InChI is InChI=1S/C13H14ClN5OS/c1-18(3-4-19-7-9(14)6-15-19)8-11-16-10-2-5-21-12(10)13(20)17-11/h2,5-7H,3-4,8H2,1H3,(H,16,17,20). The van der Waals surface area contributed by atoms with Crippen LogP contribution in [0.25, 0.3) is 10.2 Å². The van der Waals surface area contributed by atoms with Crippen LogP contribution in [-0.4, -0.2) is 38.2 Å². The molecule has 110 valence electrons. The van der Waals surface area contributed by atoms with Crippen molar-refractivity contribution in [3.63, 3.8) is 0 Å². The minimum Gasteiger partial charge on any atom is -0.308 e. The van der Waals surface area contributed by atoms with Crippen molar-refractivity contribution in [2.75, 3.05) is 13.6 Å². The van der Waals surface area contributed by atoms with Crippen LogP contribution in [0.15, 0.2) is 28.6 Å². The van der Waals surface area contributed by atoms with E-state index in [2.05, 4.69) is 20.0 Å². The van der Waals surface area contributed by atoms with E-state index in [9.17, 15) is 4.79 Å². The topological polar surface area (TPSA) is 66.8 Å². The van der Waals surface area contributed by atoms with Gasteiger partial charge in [-0.3, -0.25) is 14.4 Å². The normalized spacial score (nSPS) is 11.6. The molecule has 0 aliphatic carbocycles. The van der Waals surface area contributed by atoms with Crippen molar-refractivity contribution in [2.45, 2.75) is 13.1 Å². The largest absolute Gasteiger partial charge is 0.308 e. The number of rotatable bonds is 5. The predicted molar refractivity (Wildman–Crippen MR) is 83.8 cm³/mol. The molecule has 0 aromatic carbocycles. The molecule has 3 rings (SSSR count). The van der Waals surface area contributed by atoms with Crippen molar-refractivity contribution in [1.29, 1.82) is 0 Å². The Bertz CT molecular complexity index is 808. The zero-order chi connectivity index (χ0) is 14.8. The van der Waals surface area contributed by atoms with E-state index < -0.39 is 0 Å². The van der Waals surface area contributed by atoms with E-state index in [1.165, 1.54) is 11.3 Å². The molecule has 0 atom stereocenters. The van der Waals surface area contributed by atoms with Crippen LogP contribution in [0.4, 0.5) is 0 Å². The van der Waals surface area contributed by atoms with Crippen molar-refractivity contribution in [3.8, 4) is 0 Å². The fourth-order valence-corrected chi connectivity index (χ4v) is 2.95. The lowest BCUT2D eigenvalue weighted by atomic mass is 10.4. The molecule has 3 aromatic rings. The summed E-state index contributed by atoms with van der Waals surface area (Å²) in [7, 11) is 1.98. The average molecular weight is 324 g/mol. The maximum Gasteiger partial charge on any atom is 0.268 e. The van der Waals surface area contributed by atoms with Gasteiger partial charge in [-0.05, 0) is 18.5 Å². The summed E-state index contributed by atoms with van der Waals surface area (Å²) in [5, 5.41) is 6.64. The Morgan fingerprint density at radius 2 is 2.38 bits per heavy atom. The van der Waals surface area contributed by atoms with Crippen molar-refractivity contribution in [3.05, 3.63) is 45.0 Å². The molecule has 0 aliphatic heterocycles. The number of thiophene rings is 1. The zero-order valence-corrected chi connectivity index (χ0v) is 13.0. The number of hydrogen-bond acceptors (Lipinski definition) is 5. The van der Waals surface area contributed by atoms with Crippen molar-refractivity contribution < 1.29 is 0 Å². The van der Waals surface area contributed by atoms with Gasteiger partial charge < -0.3 is 4.98 Å². The number of halogens is 1. The molecular formula is C13H14ClN5OS. The summed E-state index contributed by atoms with van der Waals surface area (Å²) >= 11 is 7.23. The maximum atomic E-state index is 11.9. The van der Waals surface area contributed by atoms with Crippen LogP contribution in [0.3, 0.4) is 0 Å². The van der Waals surface area contributed by atoms with Gasteiger partial charge in [-0.15, -0.1) is 11.3 Å². The van der Waals surface area contributed by atoms with Crippen molar-refractivity contribution >= 4 is 33.2 Å². The lowest BCUT2D eigenvalue weighted by Gasteiger charge is -2.15. The lowest BCUT2D eigenvalue weighted by molar-refractivity contribution is 0.298. The fourth-order valence-electron chi connectivity index (χ4n) is 2.07. The molecule has 1 N–H and O–H groups in total. The number of H-pyrrole nitrogens is 1. The number of aromatic amines is 1. The number of fused-ring (bicyclic) bond motifs is 1. The van der Waals surface area contributed by atoms with Gasteiger partial charge in [0.2, 0.25) is 0 Å². The average Bonchev–Trinajstić information content (AvgIpc) is 3.05. The summed E-state index contributed by atoms with van der Waals surface area (Å²) in [4.78, 5) is 21.3. The third kappa shape index (κ3) is 3.31. The molecule has 3 heterocycles. The summed E-state index contributed by atoms with van der Waals surface area (Å²) in [5.74, 6) is 0.673. The second-order valence-corrected chi connectivity index (χ2v) is 6.16. The number of aromatic nitrogens is 4. The summed E-state index contributed by atoms with van der Waals surface area (Å²) in [6.07, 6.45) is 3.40. The van der Waals surface area contributed by atoms with Gasteiger partial charge in [0.15, 0.2) is 0 Å². The number of likely N-dealkylation sites (N-methyl/N-ethyl adjacent to an activating group) is 1. The van der Waals surface area contributed by atoms with Crippen LogP contribution in [0.1, 0.15) is 5.82 Å². The quantitative estimate of drug-likeness (QED) is 0.779. The highest BCUT2D eigenvalue weighted by molar-refractivity contribution is 7.17. The van der Waals surface area contributed by atoms with Gasteiger partial charge in [0.25, 0.3) is 5.56 Å². The van der Waals surface area contributed by atoms with Crippen LogP contribution in [0, 0.1) is 0 Å². The van der Waals surface area contributed by atoms with Gasteiger partial charge in [-0.2, -0.15) is 5.10 Å². The monoisotopic (exact) mass is 323 g/mol. The summed E-state index contributed by atoms with van der Waals surface area (Å²) < 4.78 is 2.46. The molecule has 8 heteroatoms. The summed E-state index contributed by atoms with van der Waals surface area (Å²) in [5.41, 5.74) is 0.684. The first-order valence-electron chi connectivity index (χ1n) is 6.45. The SMILES string of the molecule is CN(CCn1cc(Cl)cn1)Cc1nc2ccsc2c(=O)[nH]1. The Balaban J connectivity index is 1.65. The first-order chi connectivity index (χ1) is 10.1. The molecule has 0 aliphatic rings. The van der Waals surface area contributed by atoms with E-state index in [1.54, 1.807) is 17.1 Å². The molecule has 0 fully saturated rings. The fraction of sp³-hybridized carbons (Fsp3) is 0.308. The molecule has 6 nitrogen and oxygen atoms in total. The second-order valence-electron chi connectivity index (χ2n) is 4.81. The third-order valence-corrected chi connectivity index (χ3v) is 4.19. The highest BCUT2D eigenvalue weighted by Gasteiger charge is 2.07. The molecule has 3 aromatic heterocycles. The van der Waals surface area contributed by atoms with Gasteiger partial charge in [0.1, 0.15) is 10.5 Å².